The smallest absolute Gasteiger partial charge is 0.404 e. The second kappa shape index (κ2) is 6.12. The Balaban J connectivity index is 1.70. The van der Waals surface area contributed by atoms with Crippen LogP contribution in [0.2, 0.25) is 0 Å². The van der Waals surface area contributed by atoms with Crippen molar-refractivity contribution in [2.45, 2.75) is 12.9 Å². The van der Waals surface area contributed by atoms with Crippen molar-refractivity contribution in [2.75, 3.05) is 5.32 Å². The molecule has 3 rings (SSSR count). The minimum absolute atomic E-state index is 0.352. The fourth-order valence-corrected chi connectivity index (χ4v) is 2.17. The fraction of sp³-hybridized carbons (Fsp3) is 0.125. The number of pyridine rings is 2. The average molecular weight is 319 g/mol. The Morgan fingerprint density at radius 2 is 1.83 bits per heavy atom. The number of nitrogens with zero attached hydrogens (tertiary/aromatic N) is 2. The summed E-state index contributed by atoms with van der Waals surface area (Å²) in [6, 6.07) is 12.3. The first-order chi connectivity index (χ1) is 11.0. The van der Waals surface area contributed by atoms with Gasteiger partial charge >= 0.3 is 6.36 Å². The summed E-state index contributed by atoms with van der Waals surface area (Å²) in [4.78, 5) is 8.24. The highest BCUT2D eigenvalue weighted by Crippen LogP contribution is 2.23. The Morgan fingerprint density at radius 1 is 1.00 bits per heavy atom. The Morgan fingerprint density at radius 3 is 2.57 bits per heavy atom. The van der Waals surface area contributed by atoms with Crippen molar-refractivity contribution in [2.24, 2.45) is 0 Å². The quantitative estimate of drug-likeness (QED) is 0.785. The van der Waals surface area contributed by atoms with E-state index in [1.54, 1.807) is 6.20 Å². The molecule has 23 heavy (non-hydrogen) atoms. The Bertz CT molecular complexity index is 798. The molecule has 0 aliphatic carbocycles. The van der Waals surface area contributed by atoms with Gasteiger partial charge in [-0.2, -0.15) is 0 Å². The van der Waals surface area contributed by atoms with Crippen LogP contribution in [0.15, 0.2) is 54.9 Å². The average Bonchev–Trinajstić information content (AvgIpc) is 2.53. The van der Waals surface area contributed by atoms with Crippen LogP contribution < -0.4 is 10.1 Å². The van der Waals surface area contributed by atoms with E-state index in [9.17, 15) is 13.2 Å². The molecule has 0 spiro atoms. The zero-order valence-electron chi connectivity index (χ0n) is 11.8. The van der Waals surface area contributed by atoms with Crippen LogP contribution >= 0.6 is 0 Å². The number of fused-ring (bicyclic) bond motifs is 1. The highest BCUT2D eigenvalue weighted by molar-refractivity contribution is 5.81. The van der Waals surface area contributed by atoms with Crippen molar-refractivity contribution < 1.29 is 17.9 Å². The van der Waals surface area contributed by atoms with Crippen LogP contribution in [0.3, 0.4) is 0 Å². The van der Waals surface area contributed by atoms with Crippen molar-refractivity contribution in [1.29, 1.82) is 0 Å². The molecule has 0 unspecified atom stereocenters. The van der Waals surface area contributed by atoms with Crippen LogP contribution in [-0.2, 0) is 6.54 Å². The van der Waals surface area contributed by atoms with Crippen molar-refractivity contribution in [3.8, 4) is 5.75 Å². The molecule has 3 aromatic rings. The van der Waals surface area contributed by atoms with Crippen LogP contribution in [-0.4, -0.2) is 16.3 Å². The van der Waals surface area contributed by atoms with Gasteiger partial charge in [0.25, 0.3) is 0 Å². The SMILES string of the molecule is FC(F)(F)Oc1ccc(NCc2cccc3cccnc23)nc1. The monoisotopic (exact) mass is 319 g/mol. The van der Waals surface area contributed by atoms with E-state index in [1.165, 1.54) is 12.1 Å². The molecule has 0 fully saturated rings. The number of aromatic nitrogens is 2. The molecule has 0 aliphatic rings. The number of hydrogen-bond donors (Lipinski definition) is 1. The number of alkyl halides is 3. The maximum atomic E-state index is 12.1. The first-order valence-corrected chi connectivity index (χ1v) is 6.79. The molecule has 0 bridgehead atoms. The molecule has 0 amide bonds. The summed E-state index contributed by atoms with van der Waals surface area (Å²) in [6.45, 7) is 0.459. The molecule has 0 saturated heterocycles. The van der Waals surface area contributed by atoms with Gasteiger partial charge in [-0.3, -0.25) is 4.98 Å². The summed E-state index contributed by atoms with van der Waals surface area (Å²) in [7, 11) is 0. The first-order valence-electron chi connectivity index (χ1n) is 6.79. The maximum Gasteiger partial charge on any atom is 0.573 e. The molecule has 0 atom stereocenters. The Kier molecular flexibility index (Phi) is 4.01. The van der Waals surface area contributed by atoms with Crippen molar-refractivity contribution >= 4 is 16.7 Å². The lowest BCUT2D eigenvalue weighted by molar-refractivity contribution is -0.274. The second-order valence-corrected chi connectivity index (χ2v) is 4.77. The maximum absolute atomic E-state index is 12.1. The van der Waals surface area contributed by atoms with Gasteiger partial charge in [0, 0.05) is 18.1 Å². The lowest BCUT2D eigenvalue weighted by Gasteiger charge is -2.10. The van der Waals surface area contributed by atoms with E-state index < -0.39 is 6.36 Å². The van der Waals surface area contributed by atoms with E-state index in [0.717, 1.165) is 22.7 Å². The predicted molar refractivity (Wildman–Crippen MR) is 80.0 cm³/mol. The van der Waals surface area contributed by atoms with Crippen LogP contribution in [0.25, 0.3) is 10.9 Å². The van der Waals surface area contributed by atoms with Crippen LogP contribution in [0.5, 0.6) is 5.75 Å². The summed E-state index contributed by atoms with van der Waals surface area (Å²) >= 11 is 0. The molecule has 0 radical (unpaired) electrons. The molecule has 4 nitrogen and oxygen atoms in total. The molecule has 1 N–H and O–H groups in total. The summed E-state index contributed by atoms with van der Waals surface area (Å²) < 4.78 is 40.0. The molecule has 2 heterocycles. The fourth-order valence-electron chi connectivity index (χ4n) is 2.17. The number of rotatable bonds is 4. The van der Waals surface area contributed by atoms with Crippen molar-refractivity contribution in [3.05, 3.63) is 60.4 Å². The molecular formula is C16H12F3N3O. The molecule has 118 valence electrons. The lowest BCUT2D eigenvalue weighted by atomic mass is 10.1. The van der Waals surface area contributed by atoms with Gasteiger partial charge in [0.1, 0.15) is 11.6 Å². The van der Waals surface area contributed by atoms with E-state index in [2.05, 4.69) is 20.0 Å². The molecule has 1 aromatic carbocycles. The Labute approximate surface area is 129 Å². The van der Waals surface area contributed by atoms with E-state index in [-0.39, 0.29) is 5.75 Å². The summed E-state index contributed by atoms with van der Waals surface area (Å²) in [6.07, 6.45) is -1.98. The van der Waals surface area contributed by atoms with Gasteiger partial charge in [0.2, 0.25) is 0 Å². The number of nitrogens with one attached hydrogen (secondary N) is 1. The number of anilines is 1. The van der Waals surface area contributed by atoms with Crippen LogP contribution in [0.4, 0.5) is 19.0 Å². The van der Waals surface area contributed by atoms with Gasteiger partial charge in [-0.15, -0.1) is 13.2 Å². The standard InChI is InChI=1S/C16H12F3N3O/c17-16(18,19)23-13-6-7-14(22-10-13)21-9-12-4-1-3-11-5-2-8-20-15(11)12/h1-8,10H,9H2,(H,21,22). The number of hydrogen-bond acceptors (Lipinski definition) is 4. The van der Waals surface area contributed by atoms with Crippen LogP contribution in [0, 0.1) is 0 Å². The van der Waals surface area contributed by atoms with Gasteiger partial charge in [0.15, 0.2) is 0 Å². The molecule has 7 heteroatoms. The van der Waals surface area contributed by atoms with Gasteiger partial charge in [-0.25, -0.2) is 4.98 Å². The Hall–Kier alpha value is -2.83. The second-order valence-electron chi connectivity index (χ2n) is 4.77. The third-order valence-corrected chi connectivity index (χ3v) is 3.15. The zero-order valence-corrected chi connectivity index (χ0v) is 11.8. The summed E-state index contributed by atoms with van der Waals surface area (Å²) in [5.74, 6) is 0.0994. The third kappa shape index (κ3) is 3.88. The first kappa shape index (κ1) is 15.1. The number of ether oxygens (including phenoxy) is 1. The number of halogens is 3. The van der Waals surface area contributed by atoms with E-state index in [1.807, 2.05) is 30.3 Å². The van der Waals surface area contributed by atoms with Crippen LogP contribution in [0.1, 0.15) is 5.56 Å². The largest absolute Gasteiger partial charge is 0.573 e. The van der Waals surface area contributed by atoms with Gasteiger partial charge in [0.05, 0.1) is 11.7 Å². The van der Waals surface area contributed by atoms with Gasteiger partial charge in [-0.05, 0) is 23.8 Å². The van der Waals surface area contributed by atoms with Crippen molar-refractivity contribution in [1.82, 2.24) is 9.97 Å². The van der Waals surface area contributed by atoms with Gasteiger partial charge in [-0.1, -0.05) is 24.3 Å². The molecule has 0 saturated carbocycles. The minimum atomic E-state index is -4.72. The molecule has 0 aliphatic heterocycles. The summed E-state index contributed by atoms with van der Waals surface area (Å²) in [5, 5.41) is 4.08. The van der Waals surface area contributed by atoms with E-state index in [4.69, 9.17) is 0 Å². The topological polar surface area (TPSA) is 47.0 Å². The van der Waals surface area contributed by atoms with E-state index >= 15 is 0 Å². The highest BCUT2D eigenvalue weighted by Gasteiger charge is 2.31. The number of benzene rings is 1. The lowest BCUT2D eigenvalue weighted by Crippen LogP contribution is -2.17. The highest BCUT2D eigenvalue weighted by atomic mass is 19.4. The van der Waals surface area contributed by atoms with Gasteiger partial charge < -0.3 is 10.1 Å². The van der Waals surface area contributed by atoms with E-state index in [0.29, 0.717) is 12.4 Å². The molecule has 2 aromatic heterocycles. The predicted octanol–water partition coefficient (Wildman–Crippen LogP) is 4.14. The normalized spacial score (nSPS) is 11.4. The number of para-hydroxylation sites is 1. The third-order valence-electron chi connectivity index (χ3n) is 3.15. The minimum Gasteiger partial charge on any atom is -0.404 e. The van der Waals surface area contributed by atoms with Crippen molar-refractivity contribution in [3.63, 3.8) is 0 Å². The summed E-state index contributed by atoms with van der Waals surface area (Å²) in [5.41, 5.74) is 1.85. The zero-order chi connectivity index (χ0) is 16.3. The molecular weight excluding hydrogens is 307 g/mol.